The summed E-state index contributed by atoms with van der Waals surface area (Å²) in [6, 6.07) is 18.9. The average molecular weight is 516 g/mol. The molecule has 0 radical (unpaired) electrons. The Morgan fingerprint density at radius 2 is 1.77 bits per heavy atom. The van der Waals surface area contributed by atoms with Gasteiger partial charge in [-0.1, -0.05) is 53.6 Å². The first kappa shape index (κ1) is 26.9. The summed E-state index contributed by atoms with van der Waals surface area (Å²) in [6.45, 7) is 4.20. The molecule has 3 rings (SSSR count). The van der Waals surface area contributed by atoms with Gasteiger partial charge >= 0.3 is 5.97 Å². The van der Waals surface area contributed by atoms with Crippen LogP contribution in [0.25, 0.3) is 0 Å². The Kier molecular flexibility index (Phi) is 9.08. The molecule has 0 fully saturated rings. The van der Waals surface area contributed by atoms with Gasteiger partial charge in [0.25, 0.3) is 0 Å². The Morgan fingerprint density at radius 3 is 2.43 bits per heavy atom. The van der Waals surface area contributed by atoms with Crippen LogP contribution in [-0.4, -0.2) is 37.2 Å². The van der Waals surface area contributed by atoms with Crippen LogP contribution in [-0.2, 0) is 27.5 Å². The third-order valence-corrected chi connectivity index (χ3v) is 7.89. The van der Waals surface area contributed by atoms with E-state index in [1.165, 1.54) is 0 Å². The van der Waals surface area contributed by atoms with Crippen molar-refractivity contribution in [1.29, 1.82) is 0 Å². The average Bonchev–Trinajstić information content (AvgIpc) is 2.81. The molecule has 0 saturated heterocycles. The Bertz CT molecular complexity index is 1270. The minimum absolute atomic E-state index is 0.0472. The van der Waals surface area contributed by atoms with Gasteiger partial charge in [0.05, 0.1) is 15.9 Å². The minimum atomic E-state index is -3.79. The molecule has 3 aromatic rings. The van der Waals surface area contributed by atoms with Gasteiger partial charge in [-0.2, -0.15) is 0 Å². The third kappa shape index (κ3) is 7.39. The number of aliphatic hydroxyl groups is 1. The second-order valence-corrected chi connectivity index (χ2v) is 11.1. The summed E-state index contributed by atoms with van der Waals surface area (Å²) >= 11 is 5.99. The molecule has 0 amide bonds. The van der Waals surface area contributed by atoms with Crippen LogP contribution in [0.4, 0.5) is 0 Å². The summed E-state index contributed by atoms with van der Waals surface area (Å²) in [6.07, 6.45) is -0.0272. The van der Waals surface area contributed by atoms with Crippen LogP contribution in [0.15, 0.2) is 76.5 Å². The predicted molar refractivity (Wildman–Crippen MR) is 137 cm³/mol. The van der Waals surface area contributed by atoms with E-state index in [-0.39, 0.29) is 28.7 Å². The molecular formula is C27H30ClNO5S. The zero-order valence-electron chi connectivity index (χ0n) is 19.7. The number of hydrogen-bond acceptors (Lipinski definition) is 5. The monoisotopic (exact) mass is 515 g/mol. The number of hydrogen-bond donors (Lipinski definition) is 3. The van der Waals surface area contributed by atoms with Crippen molar-refractivity contribution in [3.05, 3.63) is 94.0 Å². The van der Waals surface area contributed by atoms with E-state index in [9.17, 15) is 18.3 Å². The van der Waals surface area contributed by atoms with E-state index in [1.54, 1.807) is 60.7 Å². The number of rotatable bonds is 11. The van der Waals surface area contributed by atoms with E-state index < -0.39 is 21.9 Å². The van der Waals surface area contributed by atoms with Crippen molar-refractivity contribution >= 4 is 27.4 Å². The van der Waals surface area contributed by atoms with Gasteiger partial charge in [-0.05, 0) is 73.7 Å². The van der Waals surface area contributed by atoms with E-state index in [0.29, 0.717) is 23.6 Å². The molecule has 3 aromatic carbocycles. The van der Waals surface area contributed by atoms with Crippen molar-refractivity contribution in [3.8, 4) is 0 Å². The molecule has 8 heteroatoms. The fourth-order valence-corrected chi connectivity index (χ4v) is 5.61. The van der Waals surface area contributed by atoms with Crippen LogP contribution in [0.2, 0.25) is 5.02 Å². The number of halogens is 1. The Labute approximate surface area is 211 Å². The third-order valence-electron chi connectivity index (χ3n) is 5.78. The van der Waals surface area contributed by atoms with E-state index >= 15 is 0 Å². The SMILES string of the molecule is Cc1ccc(S(=O)(=O)c2ccc(C[C@@H](C)NC[C@H](O)c3cccc(Cl)c3)cc2)c(CCC(=O)O)c1. The number of carboxylic acids is 1. The zero-order chi connectivity index (χ0) is 25.6. The molecule has 0 unspecified atom stereocenters. The first-order chi connectivity index (χ1) is 16.6. The van der Waals surface area contributed by atoms with E-state index in [0.717, 1.165) is 16.7 Å². The van der Waals surface area contributed by atoms with Gasteiger partial charge in [0.15, 0.2) is 0 Å². The van der Waals surface area contributed by atoms with E-state index in [4.69, 9.17) is 16.7 Å². The lowest BCUT2D eigenvalue weighted by molar-refractivity contribution is -0.136. The smallest absolute Gasteiger partial charge is 0.303 e. The van der Waals surface area contributed by atoms with Crippen molar-refractivity contribution in [2.75, 3.05) is 6.54 Å². The molecule has 0 aromatic heterocycles. The van der Waals surface area contributed by atoms with Crippen LogP contribution in [0.3, 0.4) is 0 Å². The lowest BCUT2D eigenvalue weighted by atomic mass is 10.1. The van der Waals surface area contributed by atoms with E-state index in [2.05, 4.69) is 5.32 Å². The van der Waals surface area contributed by atoms with Gasteiger partial charge in [-0.25, -0.2) is 8.42 Å². The summed E-state index contributed by atoms with van der Waals surface area (Å²) in [5.41, 5.74) is 3.08. The molecule has 0 aliphatic heterocycles. The van der Waals surface area contributed by atoms with Crippen LogP contribution >= 0.6 is 11.6 Å². The molecule has 186 valence electrons. The second-order valence-electron chi connectivity index (χ2n) is 8.74. The van der Waals surface area contributed by atoms with Crippen molar-refractivity contribution in [2.24, 2.45) is 0 Å². The Hall–Kier alpha value is -2.71. The molecule has 0 aliphatic rings. The van der Waals surface area contributed by atoms with Crippen LogP contribution in [0.5, 0.6) is 0 Å². The summed E-state index contributed by atoms with van der Waals surface area (Å²) in [5, 5.41) is 23.3. The quantitative estimate of drug-likeness (QED) is 0.340. The maximum Gasteiger partial charge on any atom is 0.303 e. The highest BCUT2D eigenvalue weighted by molar-refractivity contribution is 7.91. The molecule has 0 aliphatic carbocycles. The van der Waals surface area contributed by atoms with Crippen molar-refractivity contribution in [3.63, 3.8) is 0 Å². The summed E-state index contributed by atoms with van der Waals surface area (Å²) < 4.78 is 26.6. The predicted octanol–water partition coefficient (Wildman–Crippen LogP) is 4.75. The van der Waals surface area contributed by atoms with Gasteiger partial charge in [0, 0.05) is 24.0 Å². The number of benzene rings is 3. The van der Waals surface area contributed by atoms with Gasteiger partial charge in [0.2, 0.25) is 9.84 Å². The molecule has 0 spiro atoms. The highest BCUT2D eigenvalue weighted by Gasteiger charge is 2.22. The number of aliphatic hydroxyl groups excluding tert-OH is 1. The number of aliphatic carboxylic acids is 1. The van der Waals surface area contributed by atoms with Crippen LogP contribution < -0.4 is 5.32 Å². The maximum atomic E-state index is 13.3. The number of nitrogens with one attached hydrogen (secondary N) is 1. The molecule has 0 saturated carbocycles. The zero-order valence-corrected chi connectivity index (χ0v) is 21.3. The van der Waals surface area contributed by atoms with Gasteiger partial charge < -0.3 is 15.5 Å². The highest BCUT2D eigenvalue weighted by Crippen LogP contribution is 2.27. The van der Waals surface area contributed by atoms with Gasteiger partial charge in [0.1, 0.15) is 0 Å². The Balaban J connectivity index is 1.66. The van der Waals surface area contributed by atoms with Gasteiger partial charge in [-0.15, -0.1) is 0 Å². The first-order valence-corrected chi connectivity index (χ1v) is 13.2. The molecule has 0 bridgehead atoms. The van der Waals surface area contributed by atoms with Crippen molar-refractivity contribution in [2.45, 2.75) is 55.0 Å². The summed E-state index contributed by atoms with van der Waals surface area (Å²) in [7, 11) is -3.79. The van der Waals surface area contributed by atoms with Crippen molar-refractivity contribution < 1.29 is 23.4 Å². The molecule has 2 atom stereocenters. The number of aryl methyl sites for hydroxylation is 2. The molecular weight excluding hydrogens is 486 g/mol. The lowest BCUT2D eigenvalue weighted by Crippen LogP contribution is -2.32. The highest BCUT2D eigenvalue weighted by atomic mass is 35.5. The standard InChI is InChI=1S/C27H30ClNO5S/c1-18-6-12-26(22(14-18)9-13-27(31)32)35(33,34)24-10-7-20(8-11-24)15-19(2)29-17-25(30)21-4-3-5-23(28)16-21/h3-8,10-12,14,16,19,25,29-30H,9,13,15,17H2,1-2H3,(H,31,32)/t19-,25+/m1/s1. The molecule has 3 N–H and O–H groups in total. The summed E-state index contributed by atoms with van der Waals surface area (Å²) in [4.78, 5) is 11.3. The molecule has 35 heavy (non-hydrogen) atoms. The Morgan fingerprint density at radius 1 is 1.06 bits per heavy atom. The molecule has 6 nitrogen and oxygen atoms in total. The van der Waals surface area contributed by atoms with Crippen molar-refractivity contribution in [1.82, 2.24) is 5.32 Å². The fraction of sp³-hybridized carbons (Fsp3) is 0.296. The minimum Gasteiger partial charge on any atom is -0.481 e. The van der Waals surface area contributed by atoms with Crippen LogP contribution in [0, 0.1) is 6.92 Å². The van der Waals surface area contributed by atoms with Gasteiger partial charge in [-0.3, -0.25) is 4.79 Å². The van der Waals surface area contributed by atoms with E-state index in [1.807, 2.05) is 19.9 Å². The number of carboxylic acid groups (broad SMARTS) is 1. The topological polar surface area (TPSA) is 104 Å². The molecule has 0 heterocycles. The maximum absolute atomic E-state index is 13.3. The number of sulfone groups is 1. The second kappa shape index (κ2) is 11.8. The summed E-state index contributed by atoms with van der Waals surface area (Å²) in [5.74, 6) is -0.970. The normalized spacial score (nSPS) is 13.4. The lowest BCUT2D eigenvalue weighted by Gasteiger charge is -2.18. The largest absolute Gasteiger partial charge is 0.481 e. The number of carbonyl (C=O) groups is 1. The first-order valence-electron chi connectivity index (χ1n) is 11.4. The van der Waals surface area contributed by atoms with Crippen LogP contribution in [0.1, 0.15) is 41.7 Å². The fourth-order valence-electron chi connectivity index (χ4n) is 3.91.